The lowest BCUT2D eigenvalue weighted by atomic mass is 10.0. The second-order valence-electron chi connectivity index (χ2n) is 7.92. The van der Waals surface area contributed by atoms with Crippen molar-refractivity contribution in [3.05, 3.63) is 83.4 Å². The molecule has 0 radical (unpaired) electrons. The first-order valence-corrected chi connectivity index (χ1v) is 11.7. The number of imide groups is 1. The summed E-state index contributed by atoms with van der Waals surface area (Å²) in [4.78, 5) is 42.2. The van der Waals surface area contributed by atoms with Crippen LogP contribution in [-0.2, 0) is 0 Å². The van der Waals surface area contributed by atoms with E-state index in [0.717, 1.165) is 4.90 Å². The van der Waals surface area contributed by atoms with Crippen LogP contribution in [0.5, 0.6) is 11.5 Å². The third-order valence-corrected chi connectivity index (χ3v) is 5.69. The highest BCUT2D eigenvalue weighted by Crippen LogP contribution is 2.31. The number of carbonyl (C=O) groups is 3. The van der Waals surface area contributed by atoms with Crippen molar-refractivity contribution in [2.45, 2.75) is 20.3 Å². The fourth-order valence-corrected chi connectivity index (χ4v) is 4.02. The van der Waals surface area contributed by atoms with E-state index in [-0.39, 0.29) is 35.6 Å². The minimum Gasteiger partial charge on any atom is -0.494 e. The van der Waals surface area contributed by atoms with Gasteiger partial charge in [-0.1, -0.05) is 0 Å². The molecule has 182 valence electrons. The lowest BCUT2D eigenvalue weighted by Gasteiger charge is -2.22. The summed E-state index contributed by atoms with van der Waals surface area (Å²) in [6, 6.07) is 20.2. The second-order valence-corrected chi connectivity index (χ2v) is 7.92. The molecule has 0 fully saturated rings. The summed E-state index contributed by atoms with van der Waals surface area (Å²) >= 11 is 0. The van der Waals surface area contributed by atoms with Crippen LogP contribution in [0.3, 0.4) is 0 Å². The molecule has 0 saturated heterocycles. The van der Waals surface area contributed by atoms with Gasteiger partial charge in [-0.15, -0.1) is 0 Å². The van der Waals surface area contributed by atoms with Crippen molar-refractivity contribution in [1.29, 1.82) is 5.26 Å². The van der Waals surface area contributed by atoms with Crippen LogP contribution in [0.15, 0.2) is 66.7 Å². The third-order valence-electron chi connectivity index (χ3n) is 5.69. The topological polar surface area (TPSA) is 99.9 Å². The van der Waals surface area contributed by atoms with E-state index in [1.54, 1.807) is 48.5 Å². The van der Waals surface area contributed by atoms with Gasteiger partial charge in [-0.3, -0.25) is 14.4 Å². The number of nitriles is 1. The number of hydrogen-bond acceptors (Lipinski definition) is 6. The van der Waals surface area contributed by atoms with Gasteiger partial charge in [0, 0.05) is 17.8 Å². The number of amides is 3. The number of rotatable bonds is 9. The monoisotopic (exact) mass is 483 g/mol. The number of hydrogen-bond donors (Lipinski definition) is 0. The van der Waals surface area contributed by atoms with Crippen LogP contribution in [0, 0.1) is 11.3 Å². The van der Waals surface area contributed by atoms with Crippen LogP contribution in [0.25, 0.3) is 0 Å². The zero-order valence-corrected chi connectivity index (χ0v) is 20.1. The van der Waals surface area contributed by atoms with E-state index < -0.39 is 11.8 Å². The number of fused-ring (bicyclic) bond motifs is 1. The van der Waals surface area contributed by atoms with E-state index in [1.165, 1.54) is 23.1 Å². The van der Waals surface area contributed by atoms with Crippen molar-refractivity contribution in [2.75, 3.05) is 29.6 Å². The standard InChI is InChI=1S/C28H25N3O5/c1-3-35-22-11-7-20(8-12-22)30(17-5-16-29)26(32)19-6-15-24-25(18-19)28(34)31(27(24)33)21-9-13-23(14-10-21)36-4-2/h6-15,18H,3-5,17H2,1-2H3. The van der Waals surface area contributed by atoms with Gasteiger partial charge in [-0.25, -0.2) is 4.90 Å². The molecule has 3 aromatic rings. The van der Waals surface area contributed by atoms with E-state index in [2.05, 4.69) is 6.07 Å². The van der Waals surface area contributed by atoms with Gasteiger partial charge in [-0.05, 0) is 80.6 Å². The van der Waals surface area contributed by atoms with Gasteiger partial charge in [0.15, 0.2) is 0 Å². The predicted molar refractivity (Wildman–Crippen MR) is 135 cm³/mol. The van der Waals surface area contributed by atoms with E-state index in [1.807, 2.05) is 13.8 Å². The SMILES string of the molecule is CCOc1ccc(N(CCC#N)C(=O)c2ccc3c(c2)C(=O)N(c2ccc(OCC)cc2)C3=O)cc1. The molecule has 0 N–H and O–H groups in total. The molecule has 1 aliphatic rings. The highest BCUT2D eigenvalue weighted by molar-refractivity contribution is 6.34. The van der Waals surface area contributed by atoms with Crippen LogP contribution in [0.1, 0.15) is 51.3 Å². The van der Waals surface area contributed by atoms with Crippen LogP contribution >= 0.6 is 0 Å². The molecule has 0 aliphatic carbocycles. The molecule has 3 aromatic carbocycles. The quantitative estimate of drug-likeness (QED) is 0.404. The maximum Gasteiger partial charge on any atom is 0.266 e. The van der Waals surface area contributed by atoms with E-state index in [4.69, 9.17) is 14.7 Å². The Balaban J connectivity index is 1.62. The van der Waals surface area contributed by atoms with Crippen molar-refractivity contribution in [3.63, 3.8) is 0 Å². The summed E-state index contributed by atoms with van der Waals surface area (Å²) in [6.45, 7) is 4.95. The lowest BCUT2D eigenvalue weighted by Crippen LogP contribution is -2.32. The Morgan fingerprint density at radius 1 is 0.861 bits per heavy atom. The normalized spacial score (nSPS) is 12.2. The van der Waals surface area contributed by atoms with Crippen LogP contribution in [0.4, 0.5) is 11.4 Å². The van der Waals surface area contributed by atoms with Crippen LogP contribution in [-0.4, -0.2) is 37.5 Å². The van der Waals surface area contributed by atoms with Crippen molar-refractivity contribution >= 4 is 29.1 Å². The van der Waals surface area contributed by atoms with E-state index in [0.29, 0.717) is 36.1 Å². The molecule has 8 heteroatoms. The molecule has 0 spiro atoms. The average Bonchev–Trinajstić information content (AvgIpc) is 3.15. The van der Waals surface area contributed by atoms with Crippen molar-refractivity contribution in [3.8, 4) is 17.6 Å². The fraction of sp³-hybridized carbons (Fsp3) is 0.214. The number of ether oxygens (including phenoxy) is 2. The molecule has 8 nitrogen and oxygen atoms in total. The van der Waals surface area contributed by atoms with Gasteiger partial charge in [0.1, 0.15) is 11.5 Å². The Labute approximate surface area is 209 Å². The number of nitrogens with zero attached hydrogens (tertiary/aromatic N) is 3. The zero-order chi connectivity index (χ0) is 25.7. The van der Waals surface area contributed by atoms with Gasteiger partial charge in [0.05, 0.1) is 42.5 Å². The Morgan fingerprint density at radius 2 is 1.44 bits per heavy atom. The first-order chi connectivity index (χ1) is 17.5. The van der Waals surface area contributed by atoms with Crippen molar-refractivity contribution in [1.82, 2.24) is 0 Å². The molecule has 0 bridgehead atoms. The predicted octanol–water partition coefficient (Wildman–Crippen LogP) is 4.85. The van der Waals surface area contributed by atoms with Gasteiger partial charge in [0.2, 0.25) is 0 Å². The first-order valence-electron chi connectivity index (χ1n) is 11.7. The minimum atomic E-state index is -0.501. The van der Waals surface area contributed by atoms with Crippen molar-refractivity contribution < 1.29 is 23.9 Å². The van der Waals surface area contributed by atoms with Gasteiger partial charge < -0.3 is 14.4 Å². The van der Waals surface area contributed by atoms with Gasteiger partial charge in [0.25, 0.3) is 17.7 Å². The lowest BCUT2D eigenvalue weighted by molar-refractivity contribution is 0.0925. The first kappa shape index (κ1) is 24.5. The average molecular weight is 484 g/mol. The summed E-state index contributed by atoms with van der Waals surface area (Å²) in [5.41, 5.74) is 1.65. The third kappa shape index (κ3) is 4.77. The van der Waals surface area contributed by atoms with Crippen molar-refractivity contribution in [2.24, 2.45) is 0 Å². The molecule has 1 heterocycles. The Bertz CT molecular complexity index is 1330. The van der Waals surface area contributed by atoms with Gasteiger partial charge >= 0.3 is 0 Å². The van der Waals surface area contributed by atoms with Crippen LogP contribution in [0.2, 0.25) is 0 Å². The Hall–Kier alpha value is -4.64. The van der Waals surface area contributed by atoms with Crippen LogP contribution < -0.4 is 19.3 Å². The smallest absolute Gasteiger partial charge is 0.266 e. The summed E-state index contributed by atoms with van der Waals surface area (Å²) in [7, 11) is 0. The van der Waals surface area contributed by atoms with E-state index in [9.17, 15) is 14.4 Å². The molecule has 3 amide bonds. The molecule has 1 aliphatic heterocycles. The summed E-state index contributed by atoms with van der Waals surface area (Å²) in [5.74, 6) is -0.0242. The fourth-order valence-electron chi connectivity index (χ4n) is 4.02. The second kappa shape index (κ2) is 10.7. The maximum atomic E-state index is 13.5. The highest BCUT2D eigenvalue weighted by Gasteiger charge is 2.37. The Kier molecular flexibility index (Phi) is 7.31. The van der Waals surface area contributed by atoms with E-state index >= 15 is 0 Å². The molecular weight excluding hydrogens is 458 g/mol. The molecule has 0 aromatic heterocycles. The summed E-state index contributed by atoms with van der Waals surface area (Å²) < 4.78 is 10.9. The highest BCUT2D eigenvalue weighted by atomic mass is 16.5. The summed E-state index contributed by atoms with van der Waals surface area (Å²) in [6.07, 6.45) is 0.132. The van der Waals surface area contributed by atoms with Gasteiger partial charge in [-0.2, -0.15) is 5.26 Å². The molecule has 0 atom stereocenters. The zero-order valence-electron chi connectivity index (χ0n) is 20.1. The largest absolute Gasteiger partial charge is 0.494 e. The molecular formula is C28H25N3O5. The molecule has 0 unspecified atom stereocenters. The minimum absolute atomic E-state index is 0.132. The summed E-state index contributed by atoms with van der Waals surface area (Å²) in [5, 5.41) is 9.10. The number of benzene rings is 3. The molecule has 4 rings (SSSR count). The number of anilines is 2. The maximum absolute atomic E-state index is 13.5. The molecule has 0 saturated carbocycles. The number of carbonyl (C=O) groups excluding carboxylic acids is 3. The Morgan fingerprint density at radius 3 is 2.03 bits per heavy atom. The molecule has 36 heavy (non-hydrogen) atoms.